The third kappa shape index (κ3) is 3.59. The molecule has 6 heteroatoms. The summed E-state index contributed by atoms with van der Waals surface area (Å²) in [5, 5.41) is 9.83. The van der Waals surface area contributed by atoms with E-state index in [1.54, 1.807) is 6.07 Å². The fourth-order valence-corrected chi connectivity index (χ4v) is 2.63. The van der Waals surface area contributed by atoms with E-state index < -0.39 is 0 Å². The number of aromatic nitrogens is 1. The van der Waals surface area contributed by atoms with Crippen molar-refractivity contribution in [1.82, 2.24) is 4.98 Å². The van der Waals surface area contributed by atoms with Gasteiger partial charge in [0.05, 0.1) is 27.9 Å². The summed E-state index contributed by atoms with van der Waals surface area (Å²) in [5.41, 5.74) is 1.24. The third-order valence-corrected chi connectivity index (χ3v) is 3.69. The summed E-state index contributed by atoms with van der Waals surface area (Å²) < 4.78 is 5.69. The van der Waals surface area contributed by atoms with Gasteiger partial charge < -0.3 is 4.74 Å². The number of hydrogen-bond acceptors (Lipinski definition) is 3. The number of hydrogen-bond donors (Lipinski definition) is 0. The number of halogens is 3. The Hall–Kier alpha value is -1.47. The van der Waals surface area contributed by atoms with Crippen molar-refractivity contribution in [3.8, 4) is 17.6 Å². The Morgan fingerprint density at radius 2 is 1.76 bits per heavy atom. The molecule has 0 atom stereocenters. The normalized spacial score (nSPS) is 10.5. The molecule has 0 aliphatic rings. The Morgan fingerprint density at radius 3 is 2.29 bits per heavy atom. The average Bonchev–Trinajstić information content (AvgIpc) is 2.43. The molecule has 0 N–H and O–H groups in total. The minimum absolute atomic E-state index is 0.209. The molecule has 2 aromatic rings. The van der Waals surface area contributed by atoms with Crippen LogP contribution in [-0.4, -0.2) is 4.98 Å². The van der Waals surface area contributed by atoms with Crippen molar-refractivity contribution in [2.45, 2.75) is 19.8 Å². The average molecular weight is 342 g/mol. The van der Waals surface area contributed by atoms with Crippen molar-refractivity contribution in [3.05, 3.63) is 50.7 Å². The smallest absolute Gasteiger partial charge is 0.164 e. The number of nitriles is 1. The maximum absolute atomic E-state index is 8.86. The van der Waals surface area contributed by atoms with Gasteiger partial charge in [0.2, 0.25) is 0 Å². The first-order chi connectivity index (χ1) is 9.92. The molecule has 0 aliphatic heterocycles. The second-order valence-corrected chi connectivity index (χ2v) is 5.86. The number of ether oxygens (including phenoxy) is 1. The predicted molar refractivity (Wildman–Crippen MR) is 84.6 cm³/mol. The summed E-state index contributed by atoms with van der Waals surface area (Å²) in [5.74, 6) is 0.980. The molecule has 0 aliphatic carbocycles. The second kappa shape index (κ2) is 6.53. The topological polar surface area (TPSA) is 45.9 Å². The molecule has 0 spiro atoms. The lowest BCUT2D eigenvalue weighted by molar-refractivity contribution is 0.479. The monoisotopic (exact) mass is 340 g/mol. The van der Waals surface area contributed by atoms with Crippen molar-refractivity contribution in [1.29, 1.82) is 5.26 Å². The zero-order valence-electron chi connectivity index (χ0n) is 11.3. The lowest BCUT2D eigenvalue weighted by Gasteiger charge is -2.13. The van der Waals surface area contributed by atoms with E-state index in [2.05, 4.69) is 4.98 Å². The molecule has 1 aromatic heterocycles. The van der Waals surface area contributed by atoms with Crippen LogP contribution in [0, 0.1) is 11.3 Å². The molecular formula is C15H11Cl3N2O. The van der Waals surface area contributed by atoms with Gasteiger partial charge in [-0.15, -0.1) is 0 Å². The molecule has 1 aromatic carbocycles. The van der Waals surface area contributed by atoms with Crippen molar-refractivity contribution >= 4 is 34.8 Å². The first-order valence-electron chi connectivity index (χ1n) is 6.14. The molecule has 0 radical (unpaired) electrons. The van der Waals surface area contributed by atoms with E-state index in [0.29, 0.717) is 16.5 Å². The van der Waals surface area contributed by atoms with Gasteiger partial charge in [0.1, 0.15) is 10.9 Å². The lowest BCUT2D eigenvalue weighted by atomic mass is 10.1. The quantitative estimate of drug-likeness (QED) is 0.660. The van der Waals surface area contributed by atoms with E-state index in [0.717, 1.165) is 5.56 Å². The van der Waals surface area contributed by atoms with Gasteiger partial charge in [-0.3, -0.25) is 0 Å². The van der Waals surface area contributed by atoms with Crippen molar-refractivity contribution in [3.63, 3.8) is 0 Å². The molecule has 0 saturated carbocycles. The lowest BCUT2D eigenvalue weighted by Crippen LogP contribution is -1.95. The van der Waals surface area contributed by atoms with Crippen molar-refractivity contribution in [2.75, 3.05) is 0 Å². The molecule has 21 heavy (non-hydrogen) atoms. The second-order valence-electron chi connectivity index (χ2n) is 4.69. The van der Waals surface area contributed by atoms with E-state index in [9.17, 15) is 0 Å². The third-order valence-electron chi connectivity index (χ3n) is 2.81. The van der Waals surface area contributed by atoms with Gasteiger partial charge in [-0.25, -0.2) is 4.98 Å². The largest absolute Gasteiger partial charge is 0.453 e. The Bertz CT molecular complexity index is 700. The van der Waals surface area contributed by atoms with Crippen LogP contribution in [-0.2, 0) is 0 Å². The minimum Gasteiger partial charge on any atom is -0.453 e. The first kappa shape index (κ1) is 15.9. The molecule has 0 fully saturated rings. The standard InChI is InChI=1S/C15H11Cl3N2O/c1-8(2)11-5-10(7-20-15(11)18)21-14-12(16)3-9(6-19)4-13(14)17/h3-5,7-8H,1-2H3. The van der Waals surface area contributed by atoms with Gasteiger partial charge >= 0.3 is 0 Å². The molecule has 1 heterocycles. The van der Waals surface area contributed by atoms with Crippen molar-refractivity contribution < 1.29 is 4.74 Å². The summed E-state index contributed by atoms with van der Waals surface area (Å²) in [6.07, 6.45) is 1.50. The molecule has 2 rings (SSSR count). The van der Waals surface area contributed by atoms with Crippen molar-refractivity contribution in [2.24, 2.45) is 0 Å². The molecule has 0 saturated heterocycles. The minimum atomic E-state index is 0.209. The van der Waals surface area contributed by atoms with Gasteiger partial charge in [0.15, 0.2) is 5.75 Å². The summed E-state index contributed by atoms with van der Waals surface area (Å²) in [7, 11) is 0. The SMILES string of the molecule is CC(C)c1cc(Oc2c(Cl)cc(C#N)cc2Cl)cnc1Cl. The van der Waals surface area contributed by atoms with Gasteiger partial charge in [-0.2, -0.15) is 5.26 Å². The number of pyridine rings is 1. The van der Waals surface area contributed by atoms with Crippen LogP contribution in [0.1, 0.15) is 30.9 Å². The summed E-state index contributed by atoms with van der Waals surface area (Å²) in [6.45, 7) is 4.02. The van der Waals surface area contributed by atoms with E-state index in [-0.39, 0.29) is 21.7 Å². The summed E-state index contributed by atoms with van der Waals surface area (Å²) in [4.78, 5) is 4.09. The number of nitrogens with zero attached hydrogens (tertiary/aromatic N) is 2. The predicted octanol–water partition coefficient (Wildman–Crippen LogP) is 5.83. The highest BCUT2D eigenvalue weighted by Crippen LogP contribution is 2.38. The Labute approximate surface area is 138 Å². The van der Waals surface area contributed by atoms with Crippen LogP contribution in [0.3, 0.4) is 0 Å². The van der Waals surface area contributed by atoms with Gasteiger partial charge in [-0.1, -0.05) is 48.7 Å². The summed E-state index contributed by atoms with van der Waals surface area (Å²) >= 11 is 18.2. The highest BCUT2D eigenvalue weighted by atomic mass is 35.5. The number of rotatable bonds is 3. The maximum atomic E-state index is 8.86. The molecular weight excluding hydrogens is 331 g/mol. The van der Waals surface area contributed by atoms with Crippen LogP contribution in [0.4, 0.5) is 0 Å². The van der Waals surface area contributed by atoms with E-state index >= 15 is 0 Å². The van der Waals surface area contributed by atoms with Crippen LogP contribution in [0.25, 0.3) is 0 Å². The van der Waals surface area contributed by atoms with Crippen LogP contribution >= 0.6 is 34.8 Å². The molecule has 3 nitrogen and oxygen atoms in total. The fraction of sp³-hybridized carbons (Fsp3) is 0.200. The van der Waals surface area contributed by atoms with Gasteiger partial charge in [-0.05, 0) is 29.7 Å². The van der Waals surface area contributed by atoms with Gasteiger partial charge in [0, 0.05) is 0 Å². The van der Waals surface area contributed by atoms with E-state index in [1.807, 2.05) is 19.9 Å². The summed E-state index contributed by atoms with van der Waals surface area (Å²) in [6, 6.07) is 6.76. The van der Waals surface area contributed by atoms with E-state index in [1.165, 1.54) is 18.3 Å². The molecule has 0 amide bonds. The molecule has 108 valence electrons. The van der Waals surface area contributed by atoms with Gasteiger partial charge in [0.25, 0.3) is 0 Å². The zero-order valence-corrected chi connectivity index (χ0v) is 13.6. The van der Waals surface area contributed by atoms with Crippen LogP contribution < -0.4 is 4.74 Å². The highest BCUT2D eigenvalue weighted by molar-refractivity contribution is 6.37. The Balaban J connectivity index is 2.39. The van der Waals surface area contributed by atoms with Crippen LogP contribution in [0.15, 0.2) is 24.4 Å². The Kier molecular flexibility index (Phi) is 4.95. The fourth-order valence-electron chi connectivity index (χ4n) is 1.75. The molecule has 0 bridgehead atoms. The van der Waals surface area contributed by atoms with Crippen LogP contribution in [0.2, 0.25) is 15.2 Å². The number of benzene rings is 1. The molecule has 0 unspecified atom stereocenters. The zero-order chi connectivity index (χ0) is 15.6. The highest BCUT2D eigenvalue weighted by Gasteiger charge is 2.13. The van der Waals surface area contributed by atoms with Crippen LogP contribution in [0.5, 0.6) is 11.5 Å². The maximum Gasteiger partial charge on any atom is 0.164 e. The first-order valence-corrected chi connectivity index (χ1v) is 7.28. The Morgan fingerprint density at radius 1 is 1.14 bits per heavy atom. The van der Waals surface area contributed by atoms with E-state index in [4.69, 9.17) is 44.8 Å².